The van der Waals surface area contributed by atoms with Gasteiger partial charge >= 0.3 is 6.03 Å². The number of methoxy groups -OCH3 is 1. The number of benzene rings is 1. The summed E-state index contributed by atoms with van der Waals surface area (Å²) in [7, 11) is 1.65. The van der Waals surface area contributed by atoms with Gasteiger partial charge < -0.3 is 19.9 Å². The number of carbonyl (C=O) groups excluding carboxylic acids is 2. The third kappa shape index (κ3) is 4.68. The average molecular weight is 359 g/mol. The number of amides is 3. The molecule has 0 unspecified atom stereocenters. The Morgan fingerprint density at radius 1 is 1.04 bits per heavy atom. The molecule has 1 N–H and O–H groups in total. The Labute approximate surface area is 155 Å². The third-order valence-corrected chi connectivity index (χ3v) is 5.40. The van der Waals surface area contributed by atoms with Gasteiger partial charge in [-0.25, -0.2) is 4.79 Å². The summed E-state index contributed by atoms with van der Waals surface area (Å²) in [5.74, 6) is 1.22. The van der Waals surface area contributed by atoms with Crippen LogP contribution in [0, 0.1) is 5.92 Å². The van der Waals surface area contributed by atoms with Gasteiger partial charge in [-0.3, -0.25) is 4.79 Å². The smallest absolute Gasteiger partial charge is 0.317 e. The Morgan fingerprint density at radius 2 is 1.69 bits per heavy atom. The van der Waals surface area contributed by atoms with E-state index in [1.54, 1.807) is 7.11 Å². The van der Waals surface area contributed by atoms with E-state index in [4.69, 9.17) is 4.74 Å². The maximum atomic E-state index is 12.4. The fourth-order valence-corrected chi connectivity index (χ4v) is 3.74. The summed E-state index contributed by atoms with van der Waals surface area (Å²) in [5, 5.41) is 2.99. The Morgan fingerprint density at radius 3 is 2.31 bits per heavy atom. The molecule has 0 aromatic heterocycles. The minimum Gasteiger partial charge on any atom is -0.497 e. The number of hydrogen-bond donors (Lipinski definition) is 1. The molecule has 2 heterocycles. The highest BCUT2D eigenvalue weighted by Crippen LogP contribution is 2.22. The van der Waals surface area contributed by atoms with Crippen molar-refractivity contribution in [3.05, 3.63) is 29.8 Å². The molecule has 26 heavy (non-hydrogen) atoms. The molecule has 0 aliphatic carbocycles. The van der Waals surface area contributed by atoms with Gasteiger partial charge in [0, 0.05) is 38.6 Å². The Balaban J connectivity index is 1.37. The van der Waals surface area contributed by atoms with Gasteiger partial charge in [0.1, 0.15) is 5.75 Å². The molecule has 3 amide bonds. The van der Waals surface area contributed by atoms with Crippen LogP contribution in [0.25, 0.3) is 0 Å². The highest BCUT2D eigenvalue weighted by Gasteiger charge is 2.31. The van der Waals surface area contributed by atoms with E-state index in [0.717, 1.165) is 50.9 Å². The summed E-state index contributed by atoms with van der Waals surface area (Å²) < 4.78 is 5.15. The van der Waals surface area contributed by atoms with Crippen LogP contribution in [0.5, 0.6) is 5.75 Å². The molecule has 0 spiro atoms. The lowest BCUT2D eigenvalue weighted by Crippen LogP contribution is -2.47. The first-order chi connectivity index (χ1) is 12.7. The fourth-order valence-electron chi connectivity index (χ4n) is 3.74. The molecule has 2 aliphatic heterocycles. The second-order valence-corrected chi connectivity index (χ2v) is 7.12. The van der Waals surface area contributed by atoms with Crippen LogP contribution < -0.4 is 10.1 Å². The first-order valence-electron chi connectivity index (χ1n) is 9.62. The topological polar surface area (TPSA) is 61.9 Å². The molecule has 142 valence electrons. The van der Waals surface area contributed by atoms with E-state index in [1.165, 1.54) is 5.56 Å². The number of likely N-dealkylation sites (tertiary alicyclic amines) is 2. The summed E-state index contributed by atoms with van der Waals surface area (Å²) in [4.78, 5) is 28.6. The number of nitrogens with zero attached hydrogens (tertiary/aromatic N) is 2. The predicted octanol–water partition coefficient (Wildman–Crippen LogP) is 2.28. The first-order valence-corrected chi connectivity index (χ1v) is 9.62. The Kier molecular flexibility index (Phi) is 6.36. The molecule has 0 atom stereocenters. The molecule has 2 saturated heterocycles. The molecular formula is C20H29N3O3. The first kappa shape index (κ1) is 18.5. The Bertz CT molecular complexity index is 603. The number of nitrogens with one attached hydrogen (secondary N) is 1. The van der Waals surface area contributed by atoms with Crippen LogP contribution in [0.15, 0.2) is 24.3 Å². The second-order valence-electron chi connectivity index (χ2n) is 7.12. The maximum absolute atomic E-state index is 12.4. The number of ether oxygens (including phenoxy) is 1. The van der Waals surface area contributed by atoms with E-state index in [-0.39, 0.29) is 11.9 Å². The lowest BCUT2D eigenvalue weighted by atomic mass is 9.95. The second kappa shape index (κ2) is 8.92. The minimum atomic E-state index is -0.0226. The summed E-state index contributed by atoms with van der Waals surface area (Å²) in [5.41, 5.74) is 1.17. The van der Waals surface area contributed by atoms with Gasteiger partial charge in [-0.1, -0.05) is 12.1 Å². The van der Waals surface area contributed by atoms with Crippen LogP contribution in [0.4, 0.5) is 4.79 Å². The highest BCUT2D eigenvalue weighted by molar-refractivity contribution is 5.80. The van der Waals surface area contributed by atoms with Crippen molar-refractivity contribution in [3.63, 3.8) is 0 Å². The SMILES string of the molecule is COc1ccc(CCNC(=O)N2CCC(C(=O)N3CCCC3)CC2)cc1. The third-order valence-electron chi connectivity index (χ3n) is 5.40. The molecule has 3 rings (SSSR count). The van der Waals surface area contributed by atoms with Gasteiger partial charge in [-0.05, 0) is 49.8 Å². The molecule has 0 radical (unpaired) electrons. The molecule has 1 aromatic rings. The van der Waals surface area contributed by atoms with E-state index >= 15 is 0 Å². The van der Waals surface area contributed by atoms with Gasteiger partial charge in [-0.2, -0.15) is 0 Å². The van der Waals surface area contributed by atoms with E-state index in [2.05, 4.69) is 5.32 Å². The molecule has 6 heteroatoms. The van der Waals surface area contributed by atoms with Crippen molar-refractivity contribution >= 4 is 11.9 Å². The van der Waals surface area contributed by atoms with Crippen molar-refractivity contribution < 1.29 is 14.3 Å². The number of carbonyl (C=O) groups is 2. The monoisotopic (exact) mass is 359 g/mol. The molecule has 0 saturated carbocycles. The largest absolute Gasteiger partial charge is 0.497 e. The molecule has 0 bridgehead atoms. The molecular weight excluding hydrogens is 330 g/mol. The lowest BCUT2D eigenvalue weighted by Gasteiger charge is -2.33. The van der Waals surface area contributed by atoms with Crippen molar-refractivity contribution in [1.29, 1.82) is 0 Å². The van der Waals surface area contributed by atoms with Crippen LogP contribution in [0.1, 0.15) is 31.2 Å². The lowest BCUT2D eigenvalue weighted by molar-refractivity contribution is -0.135. The molecule has 1 aromatic carbocycles. The van der Waals surface area contributed by atoms with Crippen molar-refractivity contribution in [2.24, 2.45) is 5.92 Å². The summed E-state index contributed by atoms with van der Waals surface area (Å²) >= 11 is 0. The van der Waals surface area contributed by atoms with Gasteiger partial charge in [0.05, 0.1) is 7.11 Å². The predicted molar refractivity (Wildman–Crippen MR) is 100 cm³/mol. The van der Waals surface area contributed by atoms with Gasteiger partial charge in [0.25, 0.3) is 0 Å². The van der Waals surface area contributed by atoms with Gasteiger partial charge in [0.15, 0.2) is 0 Å². The zero-order valence-electron chi connectivity index (χ0n) is 15.6. The number of urea groups is 1. The van der Waals surface area contributed by atoms with Crippen LogP contribution in [-0.2, 0) is 11.2 Å². The standard InChI is InChI=1S/C20H29N3O3/c1-26-18-6-4-16(5-7-18)8-11-21-20(25)23-14-9-17(10-15-23)19(24)22-12-2-3-13-22/h4-7,17H,2-3,8-15H2,1H3,(H,21,25). The van der Waals surface area contributed by atoms with E-state index < -0.39 is 0 Å². The summed E-state index contributed by atoms with van der Waals surface area (Å²) in [6, 6.07) is 7.87. The van der Waals surface area contributed by atoms with Gasteiger partial charge in [0.2, 0.25) is 5.91 Å². The quantitative estimate of drug-likeness (QED) is 0.877. The van der Waals surface area contributed by atoms with Crippen LogP contribution in [0.3, 0.4) is 0 Å². The molecule has 2 aliphatic rings. The number of rotatable bonds is 5. The fraction of sp³-hybridized carbons (Fsp3) is 0.600. The normalized spacial score (nSPS) is 18.0. The highest BCUT2D eigenvalue weighted by atomic mass is 16.5. The number of hydrogen-bond acceptors (Lipinski definition) is 3. The average Bonchev–Trinajstić information content (AvgIpc) is 3.23. The van der Waals surface area contributed by atoms with Crippen LogP contribution >= 0.6 is 0 Å². The van der Waals surface area contributed by atoms with Crippen molar-refractivity contribution in [1.82, 2.24) is 15.1 Å². The molecule has 6 nitrogen and oxygen atoms in total. The van der Waals surface area contributed by atoms with Crippen LogP contribution in [0.2, 0.25) is 0 Å². The molecule has 2 fully saturated rings. The van der Waals surface area contributed by atoms with Crippen molar-refractivity contribution in [2.75, 3.05) is 39.8 Å². The van der Waals surface area contributed by atoms with Gasteiger partial charge in [-0.15, -0.1) is 0 Å². The number of piperidine rings is 1. The van der Waals surface area contributed by atoms with Crippen molar-refractivity contribution in [3.8, 4) is 5.75 Å². The summed E-state index contributed by atoms with van der Waals surface area (Å²) in [6.45, 7) is 3.75. The Hall–Kier alpha value is -2.24. The van der Waals surface area contributed by atoms with Crippen molar-refractivity contribution in [2.45, 2.75) is 32.1 Å². The minimum absolute atomic E-state index is 0.0226. The maximum Gasteiger partial charge on any atom is 0.317 e. The van der Waals surface area contributed by atoms with E-state index in [1.807, 2.05) is 34.1 Å². The zero-order valence-corrected chi connectivity index (χ0v) is 15.6. The van der Waals surface area contributed by atoms with E-state index in [9.17, 15) is 9.59 Å². The van der Waals surface area contributed by atoms with E-state index in [0.29, 0.717) is 25.5 Å². The zero-order chi connectivity index (χ0) is 18.4. The summed E-state index contributed by atoms with van der Waals surface area (Å²) in [6.07, 6.45) is 4.60. The van der Waals surface area contributed by atoms with Crippen LogP contribution in [-0.4, -0.2) is 61.6 Å².